The monoisotopic (exact) mass is 318 g/mol. The molecule has 0 saturated heterocycles. The maximum absolute atomic E-state index is 6.13. The number of hydrogen-bond acceptors (Lipinski definition) is 3. The second-order valence-electron chi connectivity index (χ2n) is 4.63. The van der Waals surface area contributed by atoms with E-state index in [9.17, 15) is 0 Å². The molecule has 1 aromatic heterocycles. The van der Waals surface area contributed by atoms with Crippen LogP contribution in [0.3, 0.4) is 0 Å². The van der Waals surface area contributed by atoms with E-state index < -0.39 is 0 Å². The van der Waals surface area contributed by atoms with Crippen LogP contribution in [0.25, 0.3) is 0 Å². The third-order valence-electron chi connectivity index (χ3n) is 2.97. The number of nitrogens with zero attached hydrogens (tertiary/aromatic N) is 1. The molecular weight excluding hydrogens is 296 g/mol. The minimum Gasteiger partial charge on any atom is -0.326 e. The topological polar surface area (TPSA) is 29.3 Å². The Bertz CT molecular complexity index is 325. The van der Waals surface area contributed by atoms with Crippen molar-refractivity contribution in [3.05, 3.63) is 20.8 Å². The molecule has 0 saturated carbocycles. The van der Waals surface area contributed by atoms with Gasteiger partial charge in [-0.2, -0.15) is 0 Å². The third kappa shape index (κ3) is 4.70. The Morgan fingerprint density at radius 2 is 2.12 bits per heavy atom. The summed E-state index contributed by atoms with van der Waals surface area (Å²) in [4.78, 5) is 3.74. The average Bonchev–Trinajstić information content (AvgIpc) is 2.65. The van der Waals surface area contributed by atoms with E-state index in [0.29, 0.717) is 6.04 Å². The fraction of sp³-hybridized carbons (Fsp3) is 0.692. The lowest BCUT2D eigenvalue weighted by Crippen LogP contribution is -2.37. The molecule has 1 aromatic rings. The lowest BCUT2D eigenvalue weighted by molar-refractivity contribution is 0.218. The number of unbranched alkanes of at least 4 members (excludes halogenated alkanes) is 2. The molecule has 2 N–H and O–H groups in total. The lowest BCUT2D eigenvalue weighted by atomic mass is 10.1. The normalized spacial score (nSPS) is 15.2. The van der Waals surface area contributed by atoms with Crippen molar-refractivity contribution >= 4 is 27.3 Å². The highest BCUT2D eigenvalue weighted by atomic mass is 79.9. The highest BCUT2D eigenvalue weighted by molar-refractivity contribution is 9.11. The number of nitrogens with two attached hydrogens (primary N) is 1. The van der Waals surface area contributed by atoms with E-state index in [-0.39, 0.29) is 6.04 Å². The Balaban J connectivity index is 2.65. The van der Waals surface area contributed by atoms with E-state index in [1.165, 1.54) is 27.9 Å². The average molecular weight is 319 g/mol. The van der Waals surface area contributed by atoms with E-state index >= 15 is 0 Å². The number of halogens is 1. The fourth-order valence-corrected chi connectivity index (χ4v) is 3.82. The maximum atomic E-state index is 6.13. The van der Waals surface area contributed by atoms with Crippen LogP contribution in [0, 0.1) is 0 Å². The van der Waals surface area contributed by atoms with Crippen LogP contribution in [0.15, 0.2) is 15.9 Å². The standard InChI is InChI=1S/C13H23BrN2S/c1-4-5-6-9-16(3)13(10(2)15)11-7-8-12(14)17-11/h7-8,10,13H,4-6,9,15H2,1-3H3. The molecule has 0 spiro atoms. The van der Waals surface area contributed by atoms with E-state index in [2.05, 4.69) is 53.9 Å². The van der Waals surface area contributed by atoms with Gasteiger partial charge in [0.1, 0.15) is 0 Å². The second kappa shape index (κ2) is 7.52. The summed E-state index contributed by atoms with van der Waals surface area (Å²) in [5.74, 6) is 0. The van der Waals surface area contributed by atoms with Gasteiger partial charge in [0.05, 0.1) is 9.83 Å². The summed E-state index contributed by atoms with van der Waals surface area (Å²) in [6.45, 7) is 5.45. The Morgan fingerprint density at radius 1 is 1.41 bits per heavy atom. The maximum Gasteiger partial charge on any atom is 0.0702 e. The molecule has 0 aliphatic heterocycles. The molecule has 0 aliphatic carbocycles. The Kier molecular flexibility index (Phi) is 6.70. The van der Waals surface area contributed by atoms with E-state index in [1.54, 1.807) is 11.3 Å². The van der Waals surface area contributed by atoms with Crippen LogP contribution in [0.1, 0.15) is 44.0 Å². The van der Waals surface area contributed by atoms with Gasteiger partial charge >= 0.3 is 0 Å². The summed E-state index contributed by atoms with van der Waals surface area (Å²) in [6, 6.07) is 4.78. The van der Waals surface area contributed by atoms with E-state index in [0.717, 1.165) is 6.54 Å². The predicted octanol–water partition coefficient (Wildman–Crippen LogP) is 4.02. The fourth-order valence-electron chi connectivity index (χ4n) is 2.12. The summed E-state index contributed by atoms with van der Waals surface area (Å²) in [6.07, 6.45) is 3.81. The highest BCUT2D eigenvalue weighted by Crippen LogP contribution is 2.31. The van der Waals surface area contributed by atoms with Crippen molar-refractivity contribution in [3.8, 4) is 0 Å². The molecule has 0 radical (unpaired) electrons. The molecule has 2 atom stereocenters. The van der Waals surface area contributed by atoms with Crippen molar-refractivity contribution in [1.29, 1.82) is 0 Å². The molecule has 1 heterocycles. The number of likely N-dealkylation sites (N-methyl/N-ethyl adjacent to an activating group) is 1. The van der Waals surface area contributed by atoms with Gasteiger partial charge < -0.3 is 5.73 Å². The molecule has 0 aliphatic rings. The first-order chi connectivity index (χ1) is 8.06. The molecule has 17 heavy (non-hydrogen) atoms. The summed E-state index contributed by atoms with van der Waals surface area (Å²) in [7, 11) is 2.18. The van der Waals surface area contributed by atoms with Crippen LogP contribution in [0.2, 0.25) is 0 Å². The largest absolute Gasteiger partial charge is 0.326 e. The number of thiophene rings is 1. The molecule has 4 heteroatoms. The van der Waals surface area contributed by atoms with Crippen molar-refractivity contribution in [2.45, 2.75) is 45.2 Å². The molecule has 98 valence electrons. The van der Waals surface area contributed by atoms with Gasteiger partial charge in [-0.1, -0.05) is 19.8 Å². The molecular formula is C13H23BrN2S. The quantitative estimate of drug-likeness (QED) is 0.769. The van der Waals surface area contributed by atoms with Gasteiger partial charge in [0.25, 0.3) is 0 Å². The summed E-state index contributed by atoms with van der Waals surface area (Å²) >= 11 is 5.31. The summed E-state index contributed by atoms with van der Waals surface area (Å²) in [5, 5.41) is 0. The van der Waals surface area contributed by atoms with Crippen LogP contribution in [0.4, 0.5) is 0 Å². The van der Waals surface area contributed by atoms with Crippen LogP contribution in [-0.4, -0.2) is 24.5 Å². The smallest absolute Gasteiger partial charge is 0.0702 e. The van der Waals surface area contributed by atoms with Gasteiger partial charge in [-0.25, -0.2) is 0 Å². The summed E-state index contributed by atoms with van der Waals surface area (Å²) in [5.41, 5.74) is 6.13. The van der Waals surface area contributed by atoms with Crippen molar-refractivity contribution in [1.82, 2.24) is 4.90 Å². The zero-order chi connectivity index (χ0) is 12.8. The molecule has 0 bridgehead atoms. The van der Waals surface area contributed by atoms with Crippen LogP contribution >= 0.6 is 27.3 Å². The molecule has 2 unspecified atom stereocenters. The van der Waals surface area contributed by atoms with Crippen molar-refractivity contribution in [3.63, 3.8) is 0 Å². The highest BCUT2D eigenvalue weighted by Gasteiger charge is 2.22. The third-order valence-corrected chi connectivity index (χ3v) is 4.67. The zero-order valence-corrected chi connectivity index (χ0v) is 13.4. The molecule has 1 rings (SSSR count). The van der Waals surface area contributed by atoms with Crippen LogP contribution < -0.4 is 5.73 Å². The Labute approximate surface area is 117 Å². The Hall–Kier alpha value is 0.1000. The van der Waals surface area contributed by atoms with Crippen molar-refractivity contribution in [2.75, 3.05) is 13.6 Å². The van der Waals surface area contributed by atoms with Gasteiger partial charge in [0, 0.05) is 10.9 Å². The van der Waals surface area contributed by atoms with Crippen LogP contribution in [-0.2, 0) is 0 Å². The molecule has 2 nitrogen and oxygen atoms in total. The first-order valence-corrected chi connectivity index (χ1v) is 7.88. The SMILES string of the molecule is CCCCCN(C)C(c1ccc(Br)s1)C(C)N. The van der Waals surface area contributed by atoms with Gasteiger partial charge in [-0.05, 0) is 55.0 Å². The second-order valence-corrected chi connectivity index (χ2v) is 7.13. The van der Waals surface area contributed by atoms with E-state index in [4.69, 9.17) is 5.73 Å². The van der Waals surface area contributed by atoms with Crippen LogP contribution in [0.5, 0.6) is 0 Å². The first kappa shape index (κ1) is 15.2. The van der Waals surface area contributed by atoms with Crippen molar-refractivity contribution < 1.29 is 0 Å². The van der Waals surface area contributed by atoms with E-state index in [1.807, 2.05) is 0 Å². The van der Waals surface area contributed by atoms with Gasteiger partial charge in [-0.15, -0.1) is 11.3 Å². The predicted molar refractivity (Wildman–Crippen MR) is 80.6 cm³/mol. The molecule has 0 amide bonds. The summed E-state index contributed by atoms with van der Waals surface area (Å²) < 4.78 is 1.18. The van der Waals surface area contributed by atoms with Gasteiger partial charge in [0.15, 0.2) is 0 Å². The first-order valence-electron chi connectivity index (χ1n) is 6.27. The lowest BCUT2D eigenvalue weighted by Gasteiger charge is -2.30. The van der Waals surface area contributed by atoms with Gasteiger partial charge in [0.2, 0.25) is 0 Å². The zero-order valence-electron chi connectivity index (χ0n) is 10.9. The minimum absolute atomic E-state index is 0.159. The van der Waals surface area contributed by atoms with Gasteiger partial charge in [-0.3, -0.25) is 4.90 Å². The molecule has 0 fully saturated rings. The number of hydrogen-bond donors (Lipinski definition) is 1. The number of rotatable bonds is 7. The Morgan fingerprint density at radius 3 is 2.59 bits per heavy atom. The minimum atomic E-state index is 0.159. The molecule has 0 aromatic carbocycles. The van der Waals surface area contributed by atoms with Crippen molar-refractivity contribution in [2.24, 2.45) is 5.73 Å².